The summed E-state index contributed by atoms with van der Waals surface area (Å²) in [6.07, 6.45) is 2.24. The van der Waals surface area contributed by atoms with Crippen molar-refractivity contribution < 1.29 is 8.42 Å². The number of halogens is 1. The van der Waals surface area contributed by atoms with Crippen LogP contribution in [0.25, 0.3) is 0 Å². The first-order chi connectivity index (χ1) is 11.1. The van der Waals surface area contributed by atoms with Gasteiger partial charge >= 0.3 is 0 Å². The smallest absolute Gasteiger partial charge is 0.241 e. The molecule has 7 heteroatoms. The highest BCUT2D eigenvalue weighted by molar-refractivity contribution is 7.89. The van der Waals surface area contributed by atoms with Crippen LogP contribution in [-0.2, 0) is 16.6 Å². The van der Waals surface area contributed by atoms with Gasteiger partial charge in [0.15, 0.2) is 0 Å². The lowest BCUT2D eigenvalue weighted by molar-refractivity contribution is 0.545. The van der Waals surface area contributed by atoms with E-state index in [1.165, 1.54) is 0 Å². The molecule has 1 aromatic carbocycles. The Morgan fingerprint density at radius 1 is 1.12 bits per heavy atom. The summed E-state index contributed by atoms with van der Waals surface area (Å²) < 4.78 is 29.9. The van der Waals surface area contributed by atoms with Gasteiger partial charge in [-0.05, 0) is 63.3 Å². The number of rotatable bonds is 6. The molecule has 0 aliphatic heterocycles. The average Bonchev–Trinajstić information content (AvgIpc) is 2.81. The second-order valence-electron chi connectivity index (χ2n) is 6.14. The molecule has 0 atom stereocenters. The van der Waals surface area contributed by atoms with Crippen molar-refractivity contribution in [3.05, 3.63) is 45.2 Å². The second-order valence-corrected chi connectivity index (χ2v) is 8.25. The Labute approximate surface area is 149 Å². The first-order valence-electron chi connectivity index (χ1n) is 7.90. The van der Waals surface area contributed by atoms with E-state index in [-0.39, 0.29) is 0 Å². The van der Waals surface area contributed by atoms with Crippen LogP contribution in [0.3, 0.4) is 0 Å². The molecule has 0 aliphatic rings. The summed E-state index contributed by atoms with van der Waals surface area (Å²) in [7, 11) is -3.53. The highest BCUT2D eigenvalue weighted by Crippen LogP contribution is 2.25. The van der Waals surface area contributed by atoms with Gasteiger partial charge in [-0.25, -0.2) is 13.1 Å². The molecule has 2 aromatic rings. The molecular formula is C17H24ClN3O2S. The number of aromatic nitrogens is 2. The van der Waals surface area contributed by atoms with E-state index < -0.39 is 10.0 Å². The Hall–Kier alpha value is -1.37. The van der Waals surface area contributed by atoms with E-state index in [0.29, 0.717) is 29.4 Å². The van der Waals surface area contributed by atoms with Gasteiger partial charge in [-0.1, -0.05) is 17.7 Å². The molecule has 24 heavy (non-hydrogen) atoms. The minimum Gasteiger partial charge on any atom is -0.268 e. The lowest BCUT2D eigenvalue weighted by Gasteiger charge is -2.16. The molecule has 0 aliphatic carbocycles. The summed E-state index contributed by atoms with van der Waals surface area (Å²) >= 11 is 5.96. The zero-order valence-corrected chi connectivity index (χ0v) is 16.3. The van der Waals surface area contributed by atoms with Crippen molar-refractivity contribution in [2.75, 3.05) is 6.54 Å². The van der Waals surface area contributed by atoms with Crippen molar-refractivity contribution in [1.82, 2.24) is 14.5 Å². The molecule has 0 fully saturated rings. The lowest BCUT2D eigenvalue weighted by Crippen LogP contribution is -2.27. The fraction of sp³-hybridized carbons (Fsp3) is 0.471. The van der Waals surface area contributed by atoms with Gasteiger partial charge in [0, 0.05) is 13.1 Å². The molecule has 0 radical (unpaired) electrons. The second kappa shape index (κ2) is 7.25. The lowest BCUT2D eigenvalue weighted by atomic mass is 10.0. The molecule has 1 heterocycles. The largest absolute Gasteiger partial charge is 0.268 e. The van der Waals surface area contributed by atoms with Gasteiger partial charge in [0.05, 0.1) is 21.8 Å². The van der Waals surface area contributed by atoms with Crippen LogP contribution in [0, 0.1) is 34.6 Å². The van der Waals surface area contributed by atoms with Crippen molar-refractivity contribution in [1.29, 1.82) is 0 Å². The molecular weight excluding hydrogens is 346 g/mol. The quantitative estimate of drug-likeness (QED) is 0.793. The first kappa shape index (κ1) is 19.0. The van der Waals surface area contributed by atoms with E-state index in [1.54, 1.807) is 10.9 Å². The van der Waals surface area contributed by atoms with Gasteiger partial charge in [0.25, 0.3) is 0 Å². The summed E-state index contributed by atoms with van der Waals surface area (Å²) in [6, 6.07) is 2.02. The number of hydrogen-bond donors (Lipinski definition) is 1. The molecule has 1 aromatic heterocycles. The van der Waals surface area contributed by atoms with Gasteiger partial charge in [0.1, 0.15) is 0 Å². The van der Waals surface area contributed by atoms with Crippen molar-refractivity contribution >= 4 is 21.6 Å². The normalized spacial score (nSPS) is 11.9. The first-order valence-corrected chi connectivity index (χ1v) is 9.76. The highest BCUT2D eigenvalue weighted by atomic mass is 35.5. The van der Waals surface area contributed by atoms with E-state index in [1.807, 2.05) is 40.7 Å². The molecule has 0 saturated carbocycles. The third-order valence-electron chi connectivity index (χ3n) is 4.45. The Morgan fingerprint density at radius 3 is 2.21 bits per heavy atom. The molecule has 0 spiro atoms. The Morgan fingerprint density at radius 2 is 1.71 bits per heavy atom. The maximum atomic E-state index is 12.7. The highest BCUT2D eigenvalue weighted by Gasteiger charge is 2.21. The van der Waals surface area contributed by atoms with Crippen molar-refractivity contribution in [2.24, 2.45) is 0 Å². The SMILES string of the molecule is Cc1cc(C)c(C)c(S(=O)(=O)NCCCn2ncc(Cl)c2C)c1C. The minimum absolute atomic E-state index is 0.352. The van der Waals surface area contributed by atoms with Crippen LogP contribution in [0.15, 0.2) is 17.2 Å². The summed E-state index contributed by atoms with van der Waals surface area (Å²) in [5.74, 6) is 0. The van der Waals surface area contributed by atoms with E-state index in [4.69, 9.17) is 11.6 Å². The molecule has 5 nitrogen and oxygen atoms in total. The molecule has 2 rings (SSSR count). The van der Waals surface area contributed by atoms with Crippen molar-refractivity contribution in [2.45, 2.75) is 52.5 Å². The number of nitrogens with one attached hydrogen (secondary N) is 1. The van der Waals surface area contributed by atoms with Gasteiger partial charge < -0.3 is 0 Å². The molecule has 0 unspecified atom stereocenters. The Bertz CT molecular complexity index is 831. The van der Waals surface area contributed by atoms with Crippen molar-refractivity contribution in [3.8, 4) is 0 Å². The Kier molecular flexibility index (Phi) is 5.73. The summed E-state index contributed by atoms with van der Waals surface area (Å²) in [5.41, 5.74) is 4.47. The number of benzene rings is 1. The number of nitrogens with zero attached hydrogens (tertiary/aromatic N) is 2. The maximum absolute atomic E-state index is 12.7. The number of sulfonamides is 1. The fourth-order valence-electron chi connectivity index (χ4n) is 2.74. The van der Waals surface area contributed by atoms with Crippen LogP contribution in [0.5, 0.6) is 0 Å². The maximum Gasteiger partial charge on any atom is 0.241 e. The van der Waals surface area contributed by atoms with E-state index in [9.17, 15) is 8.42 Å². The number of hydrogen-bond acceptors (Lipinski definition) is 3. The third kappa shape index (κ3) is 3.82. The minimum atomic E-state index is -3.53. The fourth-order valence-corrected chi connectivity index (χ4v) is 4.57. The van der Waals surface area contributed by atoms with E-state index in [2.05, 4.69) is 9.82 Å². The molecule has 1 N–H and O–H groups in total. The van der Waals surface area contributed by atoms with Crippen LogP contribution in [-0.4, -0.2) is 24.7 Å². The number of aryl methyl sites for hydroxylation is 3. The zero-order valence-electron chi connectivity index (χ0n) is 14.8. The monoisotopic (exact) mass is 369 g/mol. The van der Waals surface area contributed by atoms with Crippen molar-refractivity contribution in [3.63, 3.8) is 0 Å². The van der Waals surface area contributed by atoms with Crippen LogP contribution in [0.2, 0.25) is 5.02 Å². The van der Waals surface area contributed by atoms with Crippen LogP contribution < -0.4 is 4.72 Å². The predicted molar refractivity (Wildman–Crippen MR) is 97.2 cm³/mol. The molecule has 0 amide bonds. The van der Waals surface area contributed by atoms with Crippen LogP contribution in [0.1, 0.15) is 34.4 Å². The van der Waals surface area contributed by atoms with Gasteiger partial charge in [-0.2, -0.15) is 5.10 Å². The average molecular weight is 370 g/mol. The van der Waals surface area contributed by atoms with E-state index >= 15 is 0 Å². The van der Waals surface area contributed by atoms with Crippen LogP contribution in [0.4, 0.5) is 0 Å². The predicted octanol–water partition coefficient (Wildman–Crippen LogP) is 3.45. The zero-order chi connectivity index (χ0) is 18.1. The molecule has 0 bridgehead atoms. The molecule has 132 valence electrons. The van der Waals surface area contributed by atoms with Gasteiger partial charge in [0.2, 0.25) is 10.0 Å². The standard InChI is InChI=1S/C17H24ClN3O2S/c1-11-9-12(2)14(4)17(13(11)3)24(22,23)20-7-6-8-21-15(5)16(18)10-19-21/h9-10,20H,6-8H2,1-5H3. The Balaban J connectivity index is 2.09. The van der Waals surface area contributed by atoms with E-state index in [0.717, 1.165) is 27.9 Å². The molecule has 0 saturated heterocycles. The van der Waals surface area contributed by atoms with Gasteiger partial charge in [-0.15, -0.1) is 0 Å². The topological polar surface area (TPSA) is 64.0 Å². The summed E-state index contributed by atoms with van der Waals surface area (Å²) in [4.78, 5) is 0.401. The third-order valence-corrected chi connectivity index (χ3v) is 6.55. The van der Waals surface area contributed by atoms with Crippen LogP contribution >= 0.6 is 11.6 Å². The summed E-state index contributed by atoms with van der Waals surface area (Å²) in [5, 5.41) is 4.79. The summed E-state index contributed by atoms with van der Waals surface area (Å²) in [6.45, 7) is 10.4. The van der Waals surface area contributed by atoms with Gasteiger partial charge in [-0.3, -0.25) is 4.68 Å².